The third-order valence-electron chi connectivity index (χ3n) is 4.76. The van der Waals surface area contributed by atoms with E-state index in [0.29, 0.717) is 42.0 Å². The number of hydrogen-bond donors (Lipinski definition) is 2. The largest absolute Gasteiger partial charge is 0.478 e. The molecular weight excluding hydrogens is 320 g/mol. The van der Waals surface area contributed by atoms with Crippen LogP contribution in [-0.4, -0.2) is 39.2 Å². The summed E-state index contributed by atoms with van der Waals surface area (Å²) in [5.74, 6) is -1.21. The quantitative estimate of drug-likeness (QED) is 0.841. The minimum absolute atomic E-state index is 0.0691. The van der Waals surface area contributed by atoms with Crippen molar-refractivity contribution < 1.29 is 19.5 Å². The van der Waals surface area contributed by atoms with Crippen LogP contribution in [0.5, 0.6) is 0 Å². The number of rotatable bonds is 3. The van der Waals surface area contributed by atoms with Gasteiger partial charge in [-0.15, -0.1) is 0 Å². The highest BCUT2D eigenvalue weighted by Crippen LogP contribution is 2.25. The van der Waals surface area contributed by atoms with E-state index in [1.165, 1.54) is 6.92 Å². The first kappa shape index (κ1) is 17.0. The number of Topliss-reactive ketones (excluding diaryl/α,β-unsaturated/α-hetero) is 1. The summed E-state index contributed by atoms with van der Waals surface area (Å²) in [7, 11) is 0. The van der Waals surface area contributed by atoms with E-state index < -0.39 is 5.97 Å². The van der Waals surface area contributed by atoms with Gasteiger partial charge in [-0.1, -0.05) is 6.07 Å². The first-order valence-electron chi connectivity index (χ1n) is 8.14. The molecule has 25 heavy (non-hydrogen) atoms. The lowest BCUT2D eigenvalue weighted by atomic mass is 9.97. The molecule has 2 heterocycles. The van der Waals surface area contributed by atoms with Crippen molar-refractivity contribution in [1.29, 1.82) is 0 Å². The van der Waals surface area contributed by atoms with Gasteiger partial charge in [-0.25, -0.2) is 4.79 Å². The summed E-state index contributed by atoms with van der Waals surface area (Å²) in [5.41, 5.74) is 4.50. The first-order chi connectivity index (χ1) is 11.8. The van der Waals surface area contributed by atoms with Crippen molar-refractivity contribution in [2.24, 2.45) is 0 Å². The Morgan fingerprint density at radius 2 is 1.88 bits per heavy atom. The number of nitrogens with one attached hydrogen (secondary N) is 1. The van der Waals surface area contributed by atoms with E-state index in [4.69, 9.17) is 5.11 Å². The van der Waals surface area contributed by atoms with Gasteiger partial charge in [0, 0.05) is 24.3 Å². The Balaban J connectivity index is 1.90. The van der Waals surface area contributed by atoms with Crippen LogP contribution >= 0.6 is 0 Å². The number of aromatic carboxylic acids is 1. The molecule has 1 aromatic heterocycles. The normalized spacial score (nSPS) is 13.5. The van der Waals surface area contributed by atoms with Crippen molar-refractivity contribution in [2.45, 2.75) is 33.7 Å². The molecule has 0 bridgehead atoms. The van der Waals surface area contributed by atoms with Gasteiger partial charge in [-0.05, 0) is 56.0 Å². The monoisotopic (exact) mass is 340 g/mol. The summed E-state index contributed by atoms with van der Waals surface area (Å²) in [6.07, 6.45) is 0.680. The fourth-order valence-corrected chi connectivity index (χ4v) is 3.51. The van der Waals surface area contributed by atoms with E-state index >= 15 is 0 Å². The number of benzene rings is 1. The van der Waals surface area contributed by atoms with E-state index in [1.807, 2.05) is 6.07 Å². The predicted octanol–water partition coefficient (Wildman–Crippen LogP) is 2.73. The van der Waals surface area contributed by atoms with Crippen LogP contribution in [0.25, 0.3) is 0 Å². The molecule has 1 aromatic carbocycles. The summed E-state index contributed by atoms with van der Waals surface area (Å²) >= 11 is 0. The number of aromatic nitrogens is 1. The fraction of sp³-hybridized carbons (Fsp3) is 0.316. The second-order valence-electron chi connectivity index (χ2n) is 6.45. The fourth-order valence-electron chi connectivity index (χ4n) is 3.51. The Hall–Kier alpha value is -2.89. The number of carbonyl (C=O) groups excluding carboxylic acids is 2. The van der Waals surface area contributed by atoms with Gasteiger partial charge in [-0.3, -0.25) is 9.59 Å². The van der Waals surface area contributed by atoms with Gasteiger partial charge < -0.3 is 15.0 Å². The summed E-state index contributed by atoms with van der Waals surface area (Å²) in [6, 6.07) is 5.04. The average molecular weight is 340 g/mol. The van der Waals surface area contributed by atoms with E-state index in [1.54, 1.807) is 30.9 Å². The highest BCUT2D eigenvalue weighted by Gasteiger charge is 2.27. The van der Waals surface area contributed by atoms with E-state index in [9.17, 15) is 14.4 Å². The average Bonchev–Trinajstić information content (AvgIpc) is 2.87. The minimum Gasteiger partial charge on any atom is -0.478 e. The number of hydrogen-bond acceptors (Lipinski definition) is 3. The summed E-state index contributed by atoms with van der Waals surface area (Å²) in [6.45, 7) is 5.97. The topological polar surface area (TPSA) is 90.5 Å². The maximum atomic E-state index is 12.9. The van der Waals surface area contributed by atoms with Gasteiger partial charge >= 0.3 is 5.97 Å². The molecule has 0 atom stereocenters. The number of ketones is 1. The molecule has 1 amide bonds. The standard InChI is InChI=1S/C19H20N2O4/c1-10-16(12(3)22)11(2)20-17(10)18(23)21-7-6-13-4-5-14(19(24)25)8-15(13)9-21/h4-5,8,20H,6-7,9H2,1-3H3,(H,24,25). The van der Waals surface area contributed by atoms with E-state index in [-0.39, 0.29) is 17.3 Å². The van der Waals surface area contributed by atoms with Crippen molar-refractivity contribution in [3.8, 4) is 0 Å². The first-order valence-corrected chi connectivity index (χ1v) is 8.14. The van der Waals surface area contributed by atoms with Crippen LogP contribution in [0, 0.1) is 13.8 Å². The molecule has 0 saturated heterocycles. The Kier molecular flexibility index (Phi) is 4.20. The molecule has 2 aromatic rings. The van der Waals surface area contributed by atoms with E-state index in [2.05, 4.69) is 4.98 Å². The van der Waals surface area contributed by atoms with Crippen LogP contribution in [0.4, 0.5) is 0 Å². The lowest BCUT2D eigenvalue weighted by molar-refractivity contribution is 0.0696. The van der Waals surface area contributed by atoms with Crippen LogP contribution in [-0.2, 0) is 13.0 Å². The molecule has 2 N–H and O–H groups in total. The molecule has 6 nitrogen and oxygen atoms in total. The molecule has 130 valence electrons. The van der Waals surface area contributed by atoms with Crippen molar-refractivity contribution in [3.05, 3.63) is 57.4 Å². The lowest BCUT2D eigenvalue weighted by Crippen LogP contribution is -2.36. The molecule has 0 radical (unpaired) electrons. The maximum absolute atomic E-state index is 12.9. The second-order valence-corrected chi connectivity index (χ2v) is 6.45. The number of aromatic amines is 1. The Morgan fingerprint density at radius 1 is 1.16 bits per heavy atom. The second kappa shape index (κ2) is 6.20. The van der Waals surface area contributed by atoms with Gasteiger partial charge in [-0.2, -0.15) is 0 Å². The molecule has 0 aliphatic carbocycles. The Morgan fingerprint density at radius 3 is 2.48 bits per heavy atom. The molecule has 0 fully saturated rings. The zero-order valence-electron chi connectivity index (χ0n) is 14.5. The summed E-state index contributed by atoms with van der Waals surface area (Å²) in [5, 5.41) is 9.14. The Bertz CT molecular complexity index is 895. The number of carboxylic acid groups (broad SMARTS) is 1. The maximum Gasteiger partial charge on any atom is 0.335 e. The molecule has 0 unspecified atom stereocenters. The number of carboxylic acids is 1. The molecule has 0 spiro atoms. The van der Waals surface area contributed by atoms with Crippen LogP contribution in [0.1, 0.15) is 60.5 Å². The van der Waals surface area contributed by atoms with Gasteiger partial charge in [0.1, 0.15) is 5.69 Å². The van der Waals surface area contributed by atoms with Crippen LogP contribution in [0.3, 0.4) is 0 Å². The van der Waals surface area contributed by atoms with E-state index in [0.717, 1.165) is 11.1 Å². The molecular formula is C19H20N2O4. The van der Waals surface area contributed by atoms with Gasteiger partial charge in [0.2, 0.25) is 0 Å². The number of H-pyrrole nitrogens is 1. The van der Waals surface area contributed by atoms with Crippen LogP contribution in [0.15, 0.2) is 18.2 Å². The number of carbonyl (C=O) groups is 3. The zero-order valence-corrected chi connectivity index (χ0v) is 14.5. The number of amides is 1. The number of nitrogens with zero attached hydrogens (tertiary/aromatic N) is 1. The third-order valence-corrected chi connectivity index (χ3v) is 4.76. The van der Waals surface area contributed by atoms with Crippen molar-refractivity contribution in [2.75, 3.05) is 6.54 Å². The number of fused-ring (bicyclic) bond motifs is 1. The SMILES string of the molecule is CC(=O)c1c(C)[nH]c(C(=O)N2CCc3ccc(C(=O)O)cc3C2)c1C. The summed E-state index contributed by atoms with van der Waals surface area (Å²) < 4.78 is 0. The molecule has 0 saturated carbocycles. The van der Waals surface area contributed by atoms with Crippen molar-refractivity contribution in [1.82, 2.24) is 9.88 Å². The highest BCUT2D eigenvalue weighted by molar-refractivity contribution is 6.02. The van der Waals surface area contributed by atoms with Gasteiger partial charge in [0.25, 0.3) is 5.91 Å². The van der Waals surface area contributed by atoms with Crippen LogP contribution in [0.2, 0.25) is 0 Å². The highest BCUT2D eigenvalue weighted by atomic mass is 16.4. The third kappa shape index (κ3) is 2.95. The smallest absolute Gasteiger partial charge is 0.335 e. The van der Waals surface area contributed by atoms with Gasteiger partial charge in [0.15, 0.2) is 5.78 Å². The zero-order chi connectivity index (χ0) is 18.3. The van der Waals surface area contributed by atoms with Crippen LogP contribution < -0.4 is 0 Å². The lowest BCUT2D eigenvalue weighted by Gasteiger charge is -2.29. The van der Waals surface area contributed by atoms with Crippen molar-refractivity contribution in [3.63, 3.8) is 0 Å². The summed E-state index contributed by atoms with van der Waals surface area (Å²) in [4.78, 5) is 40.6. The molecule has 1 aliphatic heterocycles. The minimum atomic E-state index is -0.979. The Labute approximate surface area is 145 Å². The molecule has 3 rings (SSSR count). The van der Waals surface area contributed by atoms with Crippen molar-refractivity contribution >= 4 is 17.7 Å². The molecule has 1 aliphatic rings. The number of aryl methyl sites for hydroxylation is 1. The van der Waals surface area contributed by atoms with Gasteiger partial charge in [0.05, 0.1) is 5.56 Å². The predicted molar refractivity (Wildman–Crippen MR) is 92.1 cm³/mol. The molecule has 6 heteroatoms.